The molecule has 0 aromatic heterocycles. The van der Waals surface area contributed by atoms with Crippen molar-refractivity contribution in [1.29, 1.82) is 0 Å². The van der Waals surface area contributed by atoms with E-state index in [1.54, 1.807) is 18.2 Å². The van der Waals surface area contributed by atoms with Gasteiger partial charge in [-0.3, -0.25) is 24.6 Å². The van der Waals surface area contributed by atoms with Gasteiger partial charge in [-0.05, 0) is 35.6 Å². The molecule has 8 nitrogen and oxygen atoms in total. The van der Waals surface area contributed by atoms with Gasteiger partial charge in [0.05, 0.1) is 21.6 Å². The number of amides is 2. The van der Waals surface area contributed by atoms with E-state index in [2.05, 4.69) is 0 Å². The van der Waals surface area contributed by atoms with E-state index in [1.807, 2.05) is 6.92 Å². The van der Waals surface area contributed by atoms with Gasteiger partial charge < -0.3 is 5.11 Å². The molecule has 0 spiro atoms. The summed E-state index contributed by atoms with van der Waals surface area (Å²) in [6.07, 6.45) is 1.43. The maximum Gasteiger partial charge on any atom is 0.335 e. The number of benzene rings is 3. The van der Waals surface area contributed by atoms with Crippen molar-refractivity contribution in [2.45, 2.75) is 19.8 Å². The summed E-state index contributed by atoms with van der Waals surface area (Å²) in [7, 11) is 0. The number of carbonyl (C=O) groups excluding carboxylic acids is 2. The summed E-state index contributed by atoms with van der Waals surface area (Å²) in [6.45, 7) is 2.19. The summed E-state index contributed by atoms with van der Waals surface area (Å²) in [4.78, 5) is 49.8. The highest BCUT2D eigenvalue weighted by molar-refractivity contribution is 6.27. The number of hydrogen-bond acceptors (Lipinski definition) is 5. The summed E-state index contributed by atoms with van der Waals surface area (Å²) < 4.78 is 0. The zero-order chi connectivity index (χ0) is 22.3. The molecule has 3 aromatic rings. The van der Waals surface area contributed by atoms with E-state index in [4.69, 9.17) is 5.11 Å². The van der Waals surface area contributed by atoms with Crippen LogP contribution in [-0.4, -0.2) is 39.3 Å². The van der Waals surface area contributed by atoms with Crippen LogP contribution in [0.15, 0.2) is 48.5 Å². The predicted molar refractivity (Wildman–Crippen MR) is 113 cm³/mol. The fourth-order valence-electron chi connectivity index (χ4n) is 3.95. The van der Waals surface area contributed by atoms with E-state index in [9.17, 15) is 24.5 Å². The third-order valence-electron chi connectivity index (χ3n) is 5.44. The first kappa shape index (κ1) is 20.2. The number of nitro groups is 1. The number of carboxylic acids is 1. The minimum atomic E-state index is -1.11. The SMILES string of the molecule is CCCCN1C(=O)c2cccc3c(-c4ccc(C(=O)O)cc4)c([N+](=O)[O-])cc(c23)C1=O. The van der Waals surface area contributed by atoms with E-state index in [-0.39, 0.29) is 28.9 Å². The molecule has 0 unspecified atom stereocenters. The Morgan fingerprint density at radius 1 is 1.06 bits per heavy atom. The molecule has 1 aliphatic rings. The minimum absolute atomic E-state index is 0.0473. The normalized spacial score (nSPS) is 13.0. The third-order valence-corrected chi connectivity index (χ3v) is 5.44. The van der Waals surface area contributed by atoms with Crippen LogP contribution < -0.4 is 0 Å². The Kier molecular flexibility index (Phi) is 4.98. The van der Waals surface area contributed by atoms with Crippen LogP contribution in [0.5, 0.6) is 0 Å². The first-order valence-electron chi connectivity index (χ1n) is 9.79. The number of unbranched alkanes of at least 4 members (excludes halogenated alkanes) is 1. The largest absolute Gasteiger partial charge is 0.478 e. The van der Waals surface area contributed by atoms with Gasteiger partial charge in [0.1, 0.15) is 0 Å². The zero-order valence-electron chi connectivity index (χ0n) is 16.6. The summed E-state index contributed by atoms with van der Waals surface area (Å²) >= 11 is 0. The van der Waals surface area contributed by atoms with Crippen molar-refractivity contribution in [3.05, 3.63) is 75.3 Å². The van der Waals surface area contributed by atoms with E-state index in [0.717, 1.165) is 11.3 Å². The predicted octanol–water partition coefficient (Wildman–Crippen LogP) is 4.51. The first-order chi connectivity index (χ1) is 14.8. The second kappa shape index (κ2) is 7.64. The molecule has 2 amide bonds. The van der Waals surface area contributed by atoms with Gasteiger partial charge >= 0.3 is 5.97 Å². The van der Waals surface area contributed by atoms with Gasteiger partial charge in [-0.25, -0.2) is 4.79 Å². The fraction of sp³-hybridized carbons (Fsp3) is 0.174. The Bertz CT molecular complexity index is 1260. The molecular weight excluding hydrogens is 400 g/mol. The summed E-state index contributed by atoms with van der Waals surface area (Å²) in [5, 5.41) is 21.8. The van der Waals surface area contributed by atoms with Gasteiger partial charge in [-0.15, -0.1) is 0 Å². The summed E-state index contributed by atoms with van der Waals surface area (Å²) in [5.41, 5.74) is 0.881. The van der Waals surface area contributed by atoms with Gasteiger partial charge in [0.15, 0.2) is 0 Å². The standard InChI is InChI=1S/C23H18N2O6/c1-2-3-11-24-21(26)16-6-4-5-15-19(13-7-9-14(10-8-13)23(28)29)18(25(30)31)12-17(20(15)16)22(24)27/h4-10,12H,2-3,11H2,1H3,(H,28,29). The smallest absolute Gasteiger partial charge is 0.335 e. The van der Waals surface area contributed by atoms with Crippen LogP contribution in [0, 0.1) is 10.1 Å². The Morgan fingerprint density at radius 3 is 2.35 bits per heavy atom. The molecule has 4 rings (SSSR count). The van der Waals surface area contributed by atoms with Crippen LogP contribution in [0.25, 0.3) is 21.9 Å². The van der Waals surface area contributed by atoms with Crippen LogP contribution in [0.3, 0.4) is 0 Å². The lowest BCUT2D eigenvalue weighted by Gasteiger charge is -2.27. The average Bonchev–Trinajstić information content (AvgIpc) is 2.76. The molecule has 0 radical (unpaired) electrons. The van der Waals surface area contributed by atoms with E-state index < -0.39 is 22.7 Å². The Morgan fingerprint density at radius 2 is 1.74 bits per heavy atom. The molecule has 156 valence electrons. The van der Waals surface area contributed by atoms with Crippen LogP contribution in [0.2, 0.25) is 0 Å². The second-order valence-electron chi connectivity index (χ2n) is 7.30. The van der Waals surface area contributed by atoms with Crippen molar-refractivity contribution >= 4 is 34.2 Å². The highest BCUT2D eigenvalue weighted by Crippen LogP contribution is 2.42. The Hall–Kier alpha value is -4.07. The molecule has 0 saturated heterocycles. The van der Waals surface area contributed by atoms with Crippen molar-refractivity contribution < 1.29 is 24.4 Å². The lowest BCUT2D eigenvalue weighted by Crippen LogP contribution is -2.40. The highest BCUT2D eigenvalue weighted by atomic mass is 16.6. The molecule has 0 bridgehead atoms. The Balaban J connectivity index is 2.01. The topological polar surface area (TPSA) is 118 Å². The van der Waals surface area contributed by atoms with Crippen molar-refractivity contribution in [2.75, 3.05) is 6.54 Å². The fourth-order valence-corrected chi connectivity index (χ4v) is 3.95. The third kappa shape index (κ3) is 3.22. The maximum absolute atomic E-state index is 13.1. The van der Waals surface area contributed by atoms with Crippen LogP contribution in [0.1, 0.15) is 50.8 Å². The van der Waals surface area contributed by atoms with E-state index in [1.165, 1.54) is 30.3 Å². The number of rotatable bonds is 6. The van der Waals surface area contributed by atoms with Crippen LogP contribution in [-0.2, 0) is 0 Å². The molecule has 31 heavy (non-hydrogen) atoms. The number of hydrogen-bond donors (Lipinski definition) is 1. The average molecular weight is 418 g/mol. The number of nitro benzene ring substituents is 1. The number of aromatic carboxylic acids is 1. The molecule has 1 aliphatic heterocycles. The molecule has 3 aromatic carbocycles. The summed E-state index contributed by atoms with van der Waals surface area (Å²) in [6, 6.07) is 11.8. The molecule has 0 fully saturated rings. The monoisotopic (exact) mass is 418 g/mol. The molecule has 8 heteroatoms. The molecule has 1 heterocycles. The van der Waals surface area contributed by atoms with E-state index >= 15 is 0 Å². The molecule has 0 atom stereocenters. The van der Waals surface area contributed by atoms with Gasteiger partial charge in [-0.1, -0.05) is 37.6 Å². The number of carboxylic acid groups (broad SMARTS) is 1. The van der Waals surface area contributed by atoms with Crippen molar-refractivity contribution in [3.8, 4) is 11.1 Å². The first-order valence-corrected chi connectivity index (χ1v) is 9.79. The van der Waals surface area contributed by atoms with Gasteiger partial charge in [0.2, 0.25) is 0 Å². The second-order valence-corrected chi connectivity index (χ2v) is 7.30. The molecular formula is C23H18N2O6. The lowest BCUT2D eigenvalue weighted by molar-refractivity contribution is -0.384. The highest BCUT2D eigenvalue weighted by Gasteiger charge is 2.35. The molecule has 0 aliphatic carbocycles. The Labute approximate surface area is 176 Å². The van der Waals surface area contributed by atoms with Gasteiger partial charge in [0, 0.05) is 23.6 Å². The zero-order valence-corrected chi connectivity index (χ0v) is 16.6. The van der Waals surface area contributed by atoms with Crippen molar-refractivity contribution in [1.82, 2.24) is 4.90 Å². The minimum Gasteiger partial charge on any atom is -0.478 e. The van der Waals surface area contributed by atoms with Crippen LogP contribution >= 0.6 is 0 Å². The molecule has 0 saturated carbocycles. The number of imide groups is 1. The quantitative estimate of drug-likeness (QED) is 0.357. The summed E-state index contributed by atoms with van der Waals surface area (Å²) in [5.74, 6) is -2.07. The maximum atomic E-state index is 13.1. The number of nitrogens with zero attached hydrogens (tertiary/aromatic N) is 2. The van der Waals surface area contributed by atoms with Crippen molar-refractivity contribution in [3.63, 3.8) is 0 Å². The number of carbonyl (C=O) groups is 3. The van der Waals surface area contributed by atoms with Gasteiger partial charge in [0.25, 0.3) is 17.5 Å². The van der Waals surface area contributed by atoms with E-state index in [0.29, 0.717) is 28.3 Å². The lowest BCUT2D eigenvalue weighted by atomic mass is 9.87. The van der Waals surface area contributed by atoms with Crippen LogP contribution in [0.4, 0.5) is 5.69 Å². The van der Waals surface area contributed by atoms with Crippen molar-refractivity contribution in [2.24, 2.45) is 0 Å². The molecule has 1 N–H and O–H groups in total. The van der Waals surface area contributed by atoms with Gasteiger partial charge in [-0.2, -0.15) is 0 Å².